The Morgan fingerprint density at radius 3 is 2.73 bits per heavy atom. The van der Waals surface area contributed by atoms with Crippen molar-refractivity contribution in [1.29, 1.82) is 0 Å². The monoisotopic (exact) mass is 157 g/mol. The summed E-state index contributed by atoms with van der Waals surface area (Å²) < 4.78 is 0. The van der Waals surface area contributed by atoms with E-state index in [1.165, 1.54) is 19.3 Å². The van der Waals surface area contributed by atoms with E-state index in [2.05, 4.69) is 19.3 Å². The zero-order chi connectivity index (χ0) is 8.32. The lowest BCUT2D eigenvalue weighted by atomic mass is 9.92. The highest BCUT2D eigenvalue weighted by atomic mass is 16.6. The van der Waals surface area contributed by atoms with Gasteiger partial charge in [-0.1, -0.05) is 13.8 Å². The second-order valence-corrected chi connectivity index (χ2v) is 4.15. The fourth-order valence-electron chi connectivity index (χ4n) is 1.74. The van der Waals surface area contributed by atoms with Crippen LogP contribution >= 0.6 is 0 Å². The van der Waals surface area contributed by atoms with Crippen molar-refractivity contribution in [3.05, 3.63) is 0 Å². The molecule has 0 amide bonds. The average Bonchev–Trinajstić information content (AvgIpc) is 2.26. The number of hydrogen-bond donors (Lipinski definition) is 1. The largest absolute Gasteiger partial charge is 0.302 e. The molecule has 1 aliphatic rings. The summed E-state index contributed by atoms with van der Waals surface area (Å²) in [6.45, 7) is 7.41. The summed E-state index contributed by atoms with van der Waals surface area (Å²) in [7, 11) is 0. The van der Waals surface area contributed by atoms with Gasteiger partial charge in [0.15, 0.2) is 0 Å². The van der Waals surface area contributed by atoms with Crippen molar-refractivity contribution in [2.24, 2.45) is 5.41 Å². The van der Waals surface area contributed by atoms with Crippen LogP contribution in [0.4, 0.5) is 0 Å². The fourth-order valence-corrected chi connectivity index (χ4v) is 1.74. The molecule has 0 heterocycles. The lowest BCUT2D eigenvalue weighted by Gasteiger charge is -2.17. The molecule has 2 nitrogen and oxygen atoms in total. The summed E-state index contributed by atoms with van der Waals surface area (Å²) in [4.78, 5) is 5.16. The van der Waals surface area contributed by atoms with Gasteiger partial charge >= 0.3 is 0 Å². The van der Waals surface area contributed by atoms with Gasteiger partial charge in [-0.05, 0) is 31.6 Å². The maximum Gasteiger partial charge on any atom is 0.0654 e. The molecule has 1 rings (SSSR count). The van der Waals surface area contributed by atoms with Crippen molar-refractivity contribution in [3.63, 3.8) is 0 Å². The van der Waals surface area contributed by atoms with E-state index < -0.39 is 0 Å². The van der Waals surface area contributed by atoms with Gasteiger partial charge in [0.25, 0.3) is 0 Å². The molecule has 0 aromatic carbocycles. The van der Waals surface area contributed by atoms with Crippen LogP contribution in [0, 0.1) is 5.41 Å². The van der Waals surface area contributed by atoms with Crippen LogP contribution in [0.1, 0.15) is 40.0 Å². The van der Waals surface area contributed by atoms with Crippen molar-refractivity contribution >= 4 is 0 Å². The zero-order valence-corrected chi connectivity index (χ0v) is 7.81. The van der Waals surface area contributed by atoms with Gasteiger partial charge in [-0.15, -0.1) is 0 Å². The van der Waals surface area contributed by atoms with Crippen molar-refractivity contribution < 1.29 is 4.84 Å². The summed E-state index contributed by atoms with van der Waals surface area (Å²) in [5.74, 6) is 0. The van der Waals surface area contributed by atoms with Crippen LogP contribution in [-0.2, 0) is 4.84 Å². The van der Waals surface area contributed by atoms with Crippen LogP contribution < -0.4 is 5.48 Å². The Bertz CT molecular complexity index is 123. The van der Waals surface area contributed by atoms with Crippen LogP contribution in [0.15, 0.2) is 0 Å². The highest BCUT2D eigenvalue weighted by Gasteiger charge is 2.30. The van der Waals surface area contributed by atoms with E-state index in [0.717, 1.165) is 6.61 Å². The highest BCUT2D eigenvalue weighted by molar-refractivity contribution is 4.84. The minimum absolute atomic E-state index is 0.523. The van der Waals surface area contributed by atoms with E-state index in [4.69, 9.17) is 4.84 Å². The third-order valence-corrected chi connectivity index (χ3v) is 2.36. The minimum Gasteiger partial charge on any atom is -0.302 e. The summed E-state index contributed by atoms with van der Waals surface area (Å²) in [6.07, 6.45) is 3.82. The van der Waals surface area contributed by atoms with Crippen molar-refractivity contribution in [1.82, 2.24) is 5.48 Å². The van der Waals surface area contributed by atoms with E-state index in [1.807, 2.05) is 6.92 Å². The van der Waals surface area contributed by atoms with Gasteiger partial charge in [0, 0.05) is 6.04 Å². The maximum absolute atomic E-state index is 5.16. The van der Waals surface area contributed by atoms with E-state index in [1.54, 1.807) is 0 Å². The zero-order valence-electron chi connectivity index (χ0n) is 7.81. The predicted molar refractivity (Wildman–Crippen MR) is 46.2 cm³/mol. The van der Waals surface area contributed by atoms with Gasteiger partial charge in [0.05, 0.1) is 6.61 Å². The summed E-state index contributed by atoms with van der Waals surface area (Å²) in [5, 5.41) is 0. The Labute approximate surface area is 69.3 Å². The molecule has 0 aromatic rings. The van der Waals surface area contributed by atoms with Gasteiger partial charge < -0.3 is 4.84 Å². The van der Waals surface area contributed by atoms with Gasteiger partial charge in [0.2, 0.25) is 0 Å². The molecular formula is C9H19NO. The Hall–Kier alpha value is -0.0800. The Balaban J connectivity index is 2.20. The number of hydroxylamine groups is 1. The molecule has 66 valence electrons. The third kappa shape index (κ3) is 2.80. The summed E-state index contributed by atoms with van der Waals surface area (Å²) >= 11 is 0. The normalized spacial score (nSPS) is 29.2. The van der Waals surface area contributed by atoms with E-state index in [0.29, 0.717) is 11.5 Å². The minimum atomic E-state index is 0.523. The molecule has 0 aliphatic heterocycles. The van der Waals surface area contributed by atoms with E-state index in [-0.39, 0.29) is 0 Å². The van der Waals surface area contributed by atoms with Gasteiger partial charge in [-0.25, -0.2) is 0 Å². The van der Waals surface area contributed by atoms with E-state index in [9.17, 15) is 0 Å². The van der Waals surface area contributed by atoms with Crippen LogP contribution in [0.5, 0.6) is 0 Å². The van der Waals surface area contributed by atoms with Crippen LogP contribution in [0.2, 0.25) is 0 Å². The molecule has 0 radical (unpaired) electrons. The molecule has 1 unspecified atom stereocenters. The van der Waals surface area contributed by atoms with Crippen molar-refractivity contribution in [2.75, 3.05) is 6.61 Å². The molecule has 0 saturated heterocycles. The molecule has 11 heavy (non-hydrogen) atoms. The van der Waals surface area contributed by atoms with Crippen LogP contribution in [0.3, 0.4) is 0 Å². The number of hydrogen-bond acceptors (Lipinski definition) is 2. The Morgan fingerprint density at radius 1 is 1.55 bits per heavy atom. The van der Waals surface area contributed by atoms with Crippen LogP contribution in [0.25, 0.3) is 0 Å². The molecule has 1 saturated carbocycles. The Morgan fingerprint density at radius 2 is 2.27 bits per heavy atom. The average molecular weight is 157 g/mol. The van der Waals surface area contributed by atoms with E-state index >= 15 is 0 Å². The SMILES string of the molecule is CCONC1CCC(C)(C)C1. The molecule has 0 bridgehead atoms. The molecule has 0 spiro atoms. The second-order valence-electron chi connectivity index (χ2n) is 4.15. The molecule has 1 fully saturated rings. The highest BCUT2D eigenvalue weighted by Crippen LogP contribution is 2.36. The first-order chi connectivity index (χ1) is 5.14. The molecule has 1 N–H and O–H groups in total. The van der Waals surface area contributed by atoms with Crippen LogP contribution in [-0.4, -0.2) is 12.6 Å². The lowest BCUT2D eigenvalue weighted by molar-refractivity contribution is 0.0239. The van der Waals surface area contributed by atoms with Crippen molar-refractivity contribution in [3.8, 4) is 0 Å². The molecule has 1 aliphatic carbocycles. The molecule has 2 heteroatoms. The smallest absolute Gasteiger partial charge is 0.0654 e. The molecule has 0 aromatic heterocycles. The van der Waals surface area contributed by atoms with Gasteiger partial charge in [-0.3, -0.25) is 0 Å². The summed E-state index contributed by atoms with van der Waals surface area (Å²) in [6, 6.07) is 0.588. The first-order valence-corrected chi connectivity index (χ1v) is 4.51. The quantitative estimate of drug-likeness (QED) is 0.633. The number of rotatable bonds is 3. The second kappa shape index (κ2) is 3.55. The maximum atomic E-state index is 5.16. The predicted octanol–water partition coefficient (Wildman–Crippen LogP) is 2.11. The first-order valence-electron chi connectivity index (χ1n) is 4.51. The fraction of sp³-hybridized carbons (Fsp3) is 1.00. The topological polar surface area (TPSA) is 21.3 Å². The van der Waals surface area contributed by atoms with Gasteiger partial charge in [-0.2, -0.15) is 5.48 Å². The lowest BCUT2D eigenvalue weighted by Crippen LogP contribution is -2.27. The first kappa shape index (κ1) is 9.01. The van der Waals surface area contributed by atoms with Gasteiger partial charge in [0.1, 0.15) is 0 Å². The molecular weight excluding hydrogens is 138 g/mol. The third-order valence-electron chi connectivity index (χ3n) is 2.36. The Kier molecular flexibility index (Phi) is 2.90. The molecule has 1 atom stereocenters. The number of nitrogens with one attached hydrogen (secondary N) is 1. The van der Waals surface area contributed by atoms with Crippen molar-refractivity contribution in [2.45, 2.75) is 46.1 Å². The summed E-state index contributed by atoms with van der Waals surface area (Å²) in [5.41, 5.74) is 3.61. The standard InChI is InChI=1S/C9H19NO/c1-4-11-10-8-5-6-9(2,3)7-8/h8,10H,4-7H2,1-3H3.